The van der Waals surface area contributed by atoms with Crippen molar-refractivity contribution in [3.63, 3.8) is 0 Å². The molecule has 1 heterocycles. The summed E-state index contributed by atoms with van der Waals surface area (Å²) in [6, 6.07) is 12.7. The highest BCUT2D eigenvalue weighted by atomic mass is 32.2. The zero-order valence-corrected chi connectivity index (χ0v) is 20.4. The minimum Gasteiger partial charge on any atom is -0.492 e. The second-order valence-electron chi connectivity index (χ2n) is 9.60. The van der Waals surface area contributed by atoms with Gasteiger partial charge in [-0.15, -0.1) is 0 Å². The minimum absolute atomic E-state index is 0.139. The molecule has 7 nitrogen and oxygen atoms in total. The number of amidine groups is 1. The van der Waals surface area contributed by atoms with Gasteiger partial charge in [-0.3, -0.25) is 0 Å². The van der Waals surface area contributed by atoms with Gasteiger partial charge in [-0.2, -0.15) is 0 Å². The Hall–Kier alpha value is -2.65. The number of hydrogen-bond donors (Lipinski definition) is 2. The van der Waals surface area contributed by atoms with Gasteiger partial charge in [-0.25, -0.2) is 22.5 Å². The number of halogens is 1. The molecule has 0 aromatic heterocycles. The number of benzene rings is 2. The lowest BCUT2D eigenvalue weighted by molar-refractivity contribution is 0.0762. The zero-order chi connectivity index (χ0) is 24.4. The predicted octanol–water partition coefficient (Wildman–Crippen LogP) is 3.70. The maximum Gasteiger partial charge on any atom is 0.299 e. The van der Waals surface area contributed by atoms with Gasteiger partial charge in [0, 0.05) is 11.1 Å². The highest BCUT2D eigenvalue weighted by molar-refractivity contribution is 7.90. The second-order valence-corrected chi connectivity index (χ2v) is 11.5. The van der Waals surface area contributed by atoms with E-state index in [9.17, 15) is 12.8 Å². The Bertz CT molecular complexity index is 1110. The summed E-state index contributed by atoms with van der Waals surface area (Å²) in [4.78, 5) is 4.29. The second kappa shape index (κ2) is 9.30. The first-order valence-electron chi connectivity index (χ1n) is 10.8. The van der Waals surface area contributed by atoms with Crippen LogP contribution in [0.4, 0.5) is 4.39 Å². The molecule has 1 saturated heterocycles. The fourth-order valence-corrected chi connectivity index (χ4v) is 5.26. The molecule has 1 fully saturated rings. The molecule has 0 radical (unpaired) electrons. The number of aliphatic imine (C=N–C) groups is 1. The molecule has 1 aliphatic rings. The molecule has 0 saturated carbocycles. The van der Waals surface area contributed by atoms with Gasteiger partial charge in [0.05, 0.1) is 6.04 Å². The third kappa shape index (κ3) is 6.45. The quantitative estimate of drug-likeness (QED) is 0.633. The third-order valence-corrected chi connectivity index (χ3v) is 7.30. The van der Waals surface area contributed by atoms with Crippen LogP contribution in [0.3, 0.4) is 0 Å². The van der Waals surface area contributed by atoms with E-state index in [2.05, 4.69) is 9.71 Å². The van der Waals surface area contributed by atoms with Crippen LogP contribution in [0.15, 0.2) is 53.5 Å². The highest BCUT2D eigenvalue weighted by Gasteiger charge is 2.47. The van der Waals surface area contributed by atoms with Gasteiger partial charge in [-0.1, -0.05) is 30.3 Å². The number of nitrogens with one attached hydrogen (secondary N) is 1. The minimum atomic E-state index is -3.80. The fraction of sp³-hybridized carbons (Fsp3) is 0.458. The van der Waals surface area contributed by atoms with Crippen molar-refractivity contribution in [1.29, 1.82) is 0 Å². The molecule has 2 unspecified atom stereocenters. The molecule has 180 valence electrons. The van der Waals surface area contributed by atoms with E-state index in [1.54, 1.807) is 51.1 Å². The topological polar surface area (TPSA) is 103 Å². The van der Waals surface area contributed by atoms with E-state index in [1.807, 2.05) is 26.0 Å². The molecule has 2 aromatic carbocycles. The van der Waals surface area contributed by atoms with E-state index in [-0.39, 0.29) is 12.4 Å². The normalized spacial score (nSPS) is 21.7. The Labute approximate surface area is 195 Å². The lowest BCUT2D eigenvalue weighted by atomic mass is 9.97. The monoisotopic (exact) mass is 477 g/mol. The van der Waals surface area contributed by atoms with Gasteiger partial charge < -0.3 is 15.2 Å². The summed E-state index contributed by atoms with van der Waals surface area (Å²) in [5.74, 6) is 0.251. The van der Waals surface area contributed by atoms with Crippen LogP contribution in [-0.2, 0) is 21.2 Å². The van der Waals surface area contributed by atoms with Crippen molar-refractivity contribution in [1.82, 2.24) is 4.72 Å². The Morgan fingerprint density at radius 2 is 1.85 bits per heavy atom. The van der Waals surface area contributed by atoms with Crippen LogP contribution in [0, 0.1) is 5.82 Å². The van der Waals surface area contributed by atoms with E-state index < -0.39 is 38.3 Å². The molecule has 2 aromatic rings. The van der Waals surface area contributed by atoms with E-state index in [0.29, 0.717) is 17.9 Å². The van der Waals surface area contributed by atoms with Gasteiger partial charge in [0.15, 0.2) is 0 Å². The standard InChI is InChI=1S/C24H32FN3O4S/c1-16(19-8-6-7-9-20(19)25)27-22-28-33(29,30)21(24(4,5)32-22)14-17-10-12-18(13-11-17)31-15-23(2,3)26/h6-13,16,21H,14-15,26H2,1-5H3,(H,27,28). The summed E-state index contributed by atoms with van der Waals surface area (Å²) in [5, 5.41) is -0.859. The van der Waals surface area contributed by atoms with Crippen LogP contribution < -0.4 is 15.2 Å². The van der Waals surface area contributed by atoms with Crippen molar-refractivity contribution >= 4 is 16.0 Å². The Morgan fingerprint density at radius 3 is 2.42 bits per heavy atom. The largest absolute Gasteiger partial charge is 0.492 e. The lowest BCUT2D eigenvalue weighted by Gasteiger charge is -2.39. The van der Waals surface area contributed by atoms with Crippen molar-refractivity contribution in [2.45, 2.75) is 63.5 Å². The lowest BCUT2D eigenvalue weighted by Crippen LogP contribution is -2.59. The van der Waals surface area contributed by atoms with Crippen LogP contribution >= 0.6 is 0 Å². The average molecular weight is 478 g/mol. The third-order valence-electron chi connectivity index (χ3n) is 5.36. The smallest absolute Gasteiger partial charge is 0.299 e. The molecule has 0 bridgehead atoms. The highest BCUT2D eigenvalue weighted by Crippen LogP contribution is 2.30. The van der Waals surface area contributed by atoms with Crippen LogP contribution in [0.1, 0.15) is 51.8 Å². The van der Waals surface area contributed by atoms with E-state index >= 15 is 0 Å². The summed E-state index contributed by atoms with van der Waals surface area (Å²) in [6.07, 6.45) is 0.237. The molecule has 9 heteroatoms. The Balaban J connectivity index is 1.75. The number of rotatable bonds is 7. The molecule has 1 aliphatic heterocycles. The summed E-state index contributed by atoms with van der Waals surface area (Å²) in [7, 11) is -3.80. The zero-order valence-electron chi connectivity index (χ0n) is 19.6. The first-order chi connectivity index (χ1) is 15.3. The van der Waals surface area contributed by atoms with Gasteiger partial charge in [0.2, 0.25) is 10.0 Å². The molecule has 0 aliphatic carbocycles. The molecular formula is C24H32FN3O4S. The summed E-state index contributed by atoms with van der Waals surface area (Å²) >= 11 is 0. The summed E-state index contributed by atoms with van der Waals surface area (Å²) in [6.45, 7) is 9.21. The maximum atomic E-state index is 14.1. The number of sulfonamides is 1. The first-order valence-corrected chi connectivity index (χ1v) is 12.3. The van der Waals surface area contributed by atoms with Gasteiger partial charge in [0.1, 0.15) is 29.0 Å². The van der Waals surface area contributed by atoms with Crippen molar-refractivity contribution in [2.75, 3.05) is 6.61 Å². The molecule has 0 spiro atoms. The van der Waals surface area contributed by atoms with Crippen molar-refractivity contribution in [3.05, 3.63) is 65.5 Å². The number of hydrogen-bond acceptors (Lipinski definition) is 6. The van der Waals surface area contributed by atoms with E-state index in [0.717, 1.165) is 5.56 Å². The maximum absolute atomic E-state index is 14.1. The van der Waals surface area contributed by atoms with Crippen LogP contribution in [-0.4, -0.2) is 37.4 Å². The molecule has 0 amide bonds. The predicted molar refractivity (Wildman–Crippen MR) is 127 cm³/mol. The first kappa shape index (κ1) is 25.0. The number of ether oxygens (including phenoxy) is 2. The van der Waals surface area contributed by atoms with Gasteiger partial charge in [-0.05, 0) is 64.8 Å². The average Bonchev–Trinajstić information content (AvgIpc) is 2.69. The van der Waals surface area contributed by atoms with Crippen molar-refractivity contribution in [3.8, 4) is 5.75 Å². The molecular weight excluding hydrogens is 445 g/mol. The molecule has 3 rings (SSSR count). The van der Waals surface area contributed by atoms with Gasteiger partial charge >= 0.3 is 0 Å². The van der Waals surface area contributed by atoms with Crippen LogP contribution in [0.25, 0.3) is 0 Å². The van der Waals surface area contributed by atoms with Crippen LogP contribution in [0.2, 0.25) is 0 Å². The molecule has 33 heavy (non-hydrogen) atoms. The van der Waals surface area contributed by atoms with E-state index in [1.165, 1.54) is 6.07 Å². The number of nitrogens with two attached hydrogens (primary N) is 1. The summed E-state index contributed by atoms with van der Waals surface area (Å²) < 4.78 is 54.3. The number of nitrogens with zero attached hydrogens (tertiary/aromatic N) is 1. The van der Waals surface area contributed by atoms with Gasteiger partial charge in [0.25, 0.3) is 6.02 Å². The molecule has 2 atom stereocenters. The Morgan fingerprint density at radius 1 is 1.21 bits per heavy atom. The Kier molecular flexibility index (Phi) is 7.04. The van der Waals surface area contributed by atoms with Crippen molar-refractivity contribution < 1.29 is 22.3 Å². The van der Waals surface area contributed by atoms with E-state index in [4.69, 9.17) is 15.2 Å². The SMILES string of the molecule is CC(N=C1NS(=O)(=O)C(Cc2ccc(OCC(C)(C)N)cc2)C(C)(C)O1)c1ccccc1F. The summed E-state index contributed by atoms with van der Waals surface area (Å²) in [5.41, 5.74) is 5.60. The molecule has 3 N–H and O–H groups in total. The van der Waals surface area contributed by atoms with Crippen molar-refractivity contribution in [2.24, 2.45) is 10.7 Å². The fourth-order valence-electron chi connectivity index (χ4n) is 3.57. The van der Waals surface area contributed by atoms with Crippen LogP contribution in [0.5, 0.6) is 5.75 Å².